The minimum Gasteiger partial charge on any atom is -0.244 e. The molecule has 0 aromatic carbocycles. The minimum atomic E-state index is -4.23. The van der Waals surface area contributed by atoms with Crippen LogP contribution in [-0.2, 0) is 0 Å². The Kier molecular flexibility index (Phi) is 2.43. The normalized spacial score (nSPS) is 11.6. The van der Waals surface area contributed by atoms with E-state index in [1.54, 1.807) is 0 Å². The second-order valence-corrected chi connectivity index (χ2v) is 1.26. The second kappa shape index (κ2) is 2.67. The lowest BCUT2D eigenvalue weighted by Crippen LogP contribution is -2.24. The summed E-state index contributed by atoms with van der Waals surface area (Å²) in [6, 6.07) is 0.516. The van der Waals surface area contributed by atoms with Gasteiger partial charge in [-0.1, -0.05) is 0 Å². The van der Waals surface area contributed by atoms with Crippen molar-refractivity contribution in [2.24, 2.45) is 0 Å². The molecule has 0 fully saturated rings. The lowest BCUT2D eigenvalue weighted by atomic mass is 10.2. The molecule has 1 nitrogen and oxygen atoms in total. The molecule has 0 atom stereocenters. The van der Waals surface area contributed by atoms with Gasteiger partial charge >= 0.3 is 12.1 Å². The Bertz CT molecular complexity index is 127. The molecule has 0 saturated heterocycles. The van der Waals surface area contributed by atoms with Crippen molar-refractivity contribution in [2.45, 2.75) is 5.92 Å². The van der Waals surface area contributed by atoms with E-state index in [1.807, 2.05) is 0 Å². The molecule has 0 amide bonds. The number of hydrogen-bond acceptors (Lipinski definition) is 1. The predicted molar refractivity (Wildman–Crippen MR) is 20.9 cm³/mol. The van der Waals surface area contributed by atoms with Crippen LogP contribution in [0, 0.1) is 17.5 Å². The highest BCUT2D eigenvalue weighted by molar-refractivity contribution is 5.11. The van der Waals surface area contributed by atoms with E-state index >= 15 is 0 Å². The smallest absolute Gasteiger partial charge is 0.244 e. The summed E-state index contributed by atoms with van der Waals surface area (Å²) in [5, 5.41) is 7.49. The van der Waals surface area contributed by atoms with Gasteiger partial charge in [-0.2, -0.15) is 14.0 Å². The zero-order chi connectivity index (χ0) is 7.49. The lowest BCUT2D eigenvalue weighted by molar-refractivity contribution is -0.0266. The van der Waals surface area contributed by atoms with Crippen LogP contribution in [0.3, 0.4) is 0 Å². The molecule has 0 saturated carbocycles. The summed E-state index contributed by atoms with van der Waals surface area (Å²) < 4.78 is 45.6. The second-order valence-electron chi connectivity index (χ2n) is 1.26. The van der Waals surface area contributed by atoms with Crippen molar-refractivity contribution in [1.82, 2.24) is 0 Å². The Hall–Kier alpha value is -0.790. The quantitative estimate of drug-likeness (QED) is 0.534. The third-order valence-electron chi connectivity index (χ3n) is 0.587. The number of rotatable bonds is 2. The molecule has 0 aliphatic rings. The largest absolute Gasteiger partial charge is 0.327 e. The molecule has 0 heterocycles. The fourth-order valence-corrected chi connectivity index (χ4v) is 0.140. The molecule has 0 N–H and O–H groups in total. The zero-order valence-corrected chi connectivity index (χ0v) is 4.17. The molecule has 0 aliphatic heterocycles. The minimum absolute atomic E-state index is 0.516. The summed E-state index contributed by atoms with van der Waals surface area (Å²) in [6.45, 7) is -2.17. The number of halogens is 4. The Morgan fingerprint density at radius 1 is 1.56 bits per heavy atom. The van der Waals surface area contributed by atoms with Gasteiger partial charge in [0.1, 0.15) is 6.07 Å². The van der Waals surface area contributed by atoms with Crippen molar-refractivity contribution in [2.75, 3.05) is 6.67 Å². The Labute approximate surface area is 48.9 Å². The summed E-state index contributed by atoms with van der Waals surface area (Å²) >= 11 is 0. The first-order chi connectivity index (χ1) is 4.04. The van der Waals surface area contributed by atoms with Crippen LogP contribution in [-0.4, -0.2) is 12.6 Å². The standard InChI is InChI=1S/C4H2F4N/c5-2-4(7,8)3(6)1-9/h2H2. The molecule has 51 valence electrons. The number of nitriles is 1. The fourth-order valence-electron chi connectivity index (χ4n) is 0.140. The predicted octanol–water partition coefficient (Wildman–Crippen LogP) is 1.62. The van der Waals surface area contributed by atoms with E-state index < -0.39 is 18.8 Å². The van der Waals surface area contributed by atoms with Gasteiger partial charge in [0.25, 0.3) is 0 Å². The van der Waals surface area contributed by atoms with Crippen LogP contribution in [0.1, 0.15) is 0 Å². The van der Waals surface area contributed by atoms with Crippen molar-refractivity contribution < 1.29 is 17.6 Å². The molecule has 0 rings (SSSR count). The maximum Gasteiger partial charge on any atom is 0.327 e. The summed E-state index contributed by atoms with van der Waals surface area (Å²) in [5.74, 6) is -4.23. The number of nitrogens with zero attached hydrogens (tertiary/aromatic N) is 1. The van der Waals surface area contributed by atoms with Gasteiger partial charge in [-0.05, 0) is 0 Å². The van der Waals surface area contributed by atoms with E-state index in [1.165, 1.54) is 0 Å². The molecule has 0 bridgehead atoms. The maximum absolute atomic E-state index is 11.5. The Morgan fingerprint density at radius 2 is 2.00 bits per heavy atom. The van der Waals surface area contributed by atoms with Gasteiger partial charge in [-0.3, -0.25) is 0 Å². The summed E-state index contributed by atoms with van der Waals surface area (Å²) in [6.07, 6.45) is -2.29. The highest BCUT2D eigenvalue weighted by Gasteiger charge is 2.42. The van der Waals surface area contributed by atoms with E-state index in [4.69, 9.17) is 5.26 Å². The van der Waals surface area contributed by atoms with Crippen molar-refractivity contribution in [1.29, 1.82) is 5.26 Å². The topological polar surface area (TPSA) is 23.8 Å². The van der Waals surface area contributed by atoms with Crippen molar-refractivity contribution in [3.8, 4) is 6.07 Å². The van der Waals surface area contributed by atoms with Crippen LogP contribution >= 0.6 is 0 Å². The van der Waals surface area contributed by atoms with Gasteiger partial charge in [-0.15, -0.1) is 0 Å². The molecule has 0 aliphatic carbocycles. The monoisotopic (exact) mass is 140 g/mol. The van der Waals surface area contributed by atoms with Gasteiger partial charge in [0.2, 0.25) is 0 Å². The maximum atomic E-state index is 11.5. The molecular formula is C4H2F4N. The average Bonchev–Trinajstić information content (AvgIpc) is 1.86. The first kappa shape index (κ1) is 8.21. The SMILES string of the molecule is N#C[C](F)C(F)(F)CF. The van der Waals surface area contributed by atoms with Gasteiger partial charge in [0.15, 0.2) is 6.67 Å². The number of hydrogen-bond donors (Lipinski definition) is 0. The molecule has 9 heavy (non-hydrogen) atoms. The van der Waals surface area contributed by atoms with Crippen LogP contribution in [0.4, 0.5) is 17.6 Å². The van der Waals surface area contributed by atoms with E-state index in [9.17, 15) is 17.6 Å². The van der Waals surface area contributed by atoms with Crippen LogP contribution in [0.5, 0.6) is 0 Å². The molecular weight excluding hydrogens is 138 g/mol. The third kappa shape index (κ3) is 1.88. The van der Waals surface area contributed by atoms with Crippen molar-refractivity contribution >= 4 is 0 Å². The van der Waals surface area contributed by atoms with E-state index in [-0.39, 0.29) is 0 Å². The Morgan fingerprint density at radius 3 is 2.11 bits per heavy atom. The number of alkyl halides is 3. The van der Waals surface area contributed by atoms with E-state index in [0.29, 0.717) is 6.07 Å². The molecule has 0 unspecified atom stereocenters. The molecule has 0 aromatic heterocycles. The molecule has 0 aromatic rings. The van der Waals surface area contributed by atoms with Crippen molar-refractivity contribution in [3.63, 3.8) is 0 Å². The van der Waals surface area contributed by atoms with Crippen LogP contribution in [0.15, 0.2) is 0 Å². The highest BCUT2D eigenvalue weighted by atomic mass is 19.3. The fraction of sp³-hybridized carbons (Fsp3) is 0.500. The van der Waals surface area contributed by atoms with E-state index in [2.05, 4.69) is 0 Å². The van der Waals surface area contributed by atoms with Crippen LogP contribution in [0.25, 0.3) is 0 Å². The Balaban J connectivity index is 4.01. The zero-order valence-electron chi connectivity index (χ0n) is 4.17. The van der Waals surface area contributed by atoms with Crippen LogP contribution < -0.4 is 0 Å². The molecule has 1 radical (unpaired) electrons. The summed E-state index contributed by atoms with van der Waals surface area (Å²) in [5.41, 5.74) is 0. The van der Waals surface area contributed by atoms with E-state index in [0.717, 1.165) is 0 Å². The highest BCUT2D eigenvalue weighted by Crippen LogP contribution is 2.27. The van der Waals surface area contributed by atoms with Crippen LogP contribution in [0.2, 0.25) is 0 Å². The van der Waals surface area contributed by atoms with Gasteiger partial charge in [-0.25, -0.2) is 8.78 Å². The van der Waals surface area contributed by atoms with Crippen molar-refractivity contribution in [3.05, 3.63) is 6.17 Å². The van der Waals surface area contributed by atoms with Gasteiger partial charge in [0, 0.05) is 0 Å². The van der Waals surface area contributed by atoms with Gasteiger partial charge < -0.3 is 0 Å². The summed E-state index contributed by atoms with van der Waals surface area (Å²) in [7, 11) is 0. The molecule has 5 heteroatoms. The van der Waals surface area contributed by atoms with Gasteiger partial charge in [0.05, 0.1) is 0 Å². The first-order valence-electron chi connectivity index (χ1n) is 1.91. The summed E-state index contributed by atoms with van der Waals surface area (Å²) in [4.78, 5) is 0. The third-order valence-corrected chi connectivity index (χ3v) is 0.587. The molecule has 0 spiro atoms. The first-order valence-corrected chi connectivity index (χ1v) is 1.91. The average molecular weight is 140 g/mol. The lowest BCUT2D eigenvalue weighted by Gasteiger charge is -2.07.